The normalized spacial score (nSPS) is 11.3. The minimum atomic E-state index is 0.973. The van der Waals surface area contributed by atoms with E-state index in [1.165, 1.54) is 22.3 Å². The summed E-state index contributed by atoms with van der Waals surface area (Å²) in [5.74, 6) is 0. The number of hydrogen-bond acceptors (Lipinski definition) is 1. The first-order valence-electron chi connectivity index (χ1n) is 5.14. The number of benzene rings is 2. The van der Waals surface area contributed by atoms with Gasteiger partial charge in [-0.15, -0.1) is 0 Å². The van der Waals surface area contributed by atoms with E-state index in [0.717, 1.165) is 11.2 Å². The van der Waals surface area contributed by atoms with Crippen molar-refractivity contribution in [3.63, 3.8) is 0 Å². The van der Waals surface area contributed by atoms with Gasteiger partial charge in [-0.05, 0) is 42.7 Å². The third-order valence-electron chi connectivity index (χ3n) is 2.90. The maximum atomic E-state index is 5.65. The molecule has 0 saturated carbocycles. The van der Waals surface area contributed by atoms with E-state index in [0.29, 0.717) is 0 Å². The largest absolute Gasteiger partial charge is 0.456 e. The van der Waals surface area contributed by atoms with Crippen molar-refractivity contribution in [2.24, 2.45) is 0 Å². The van der Waals surface area contributed by atoms with E-state index < -0.39 is 0 Å². The zero-order chi connectivity index (χ0) is 10.4. The van der Waals surface area contributed by atoms with E-state index in [-0.39, 0.29) is 0 Å². The van der Waals surface area contributed by atoms with Gasteiger partial charge in [0.2, 0.25) is 0 Å². The summed E-state index contributed by atoms with van der Waals surface area (Å²) >= 11 is 0. The van der Waals surface area contributed by atoms with Gasteiger partial charge in [0, 0.05) is 5.56 Å². The molecule has 1 nitrogen and oxygen atoms in total. The van der Waals surface area contributed by atoms with E-state index in [1.807, 2.05) is 0 Å². The molecule has 0 fully saturated rings. The van der Waals surface area contributed by atoms with Crippen LogP contribution < -0.4 is 0 Å². The van der Waals surface area contributed by atoms with Gasteiger partial charge in [-0.25, -0.2) is 0 Å². The highest BCUT2D eigenvalue weighted by Gasteiger charge is 2.13. The van der Waals surface area contributed by atoms with E-state index in [1.54, 1.807) is 0 Å². The highest BCUT2D eigenvalue weighted by molar-refractivity contribution is 5.89. The molecule has 0 amide bonds. The summed E-state index contributed by atoms with van der Waals surface area (Å²) in [7, 11) is 0. The van der Waals surface area contributed by atoms with Gasteiger partial charge in [-0.1, -0.05) is 24.3 Å². The number of furan rings is 2. The highest BCUT2D eigenvalue weighted by Crippen LogP contribution is 2.35. The fraction of sp³-hybridized carbons (Fsp3) is 0.143. The van der Waals surface area contributed by atoms with Crippen molar-refractivity contribution in [3.8, 4) is 11.1 Å². The summed E-state index contributed by atoms with van der Waals surface area (Å²) in [6, 6.07) is 12.6. The molecule has 2 bridgehead atoms. The third-order valence-corrected chi connectivity index (χ3v) is 2.90. The van der Waals surface area contributed by atoms with Crippen LogP contribution in [-0.4, -0.2) is 0 Å². The number of rotatable bonds is 1. The fourth-order valence-corrected chi connectivity index (χ4v) is 2.13. The van der Waals surface area contributed by atoms with E-state index in [2.05, 4.69) is 50.2 Å². The zero-order valence-corrected chi connectivity index (χ0v) is 8.87. The molecule has 2 heterocycles. The van der Waals surface area contributed by atoms with E-state index in [9.17, 15) is 0 Å². The van der Waals surface area contributed by atoms with Gasteiger partial charge in [0.05, 0.1) is 0 Å². The monoisotopic (exact) mass is 196 g/mol. The molecule has 0 aliphatic rings. The molecule has 0 saturated heterocycles. The maximum absolute atomic E-state index is 5.65. The molecule has 0 radical (unpaired) electrons. The molecule has 0 N–H and O–H groups in total. The van der Waals surface area contributed by atoms with Gasteiger partial charge in [-0.2, -0.15) is 0 Å². The first-order valence-corrected chi connectivity index (χ1v) is 5.14. The Balaban J connectivity index is 2.30. The van der Waals surface area contributed by atoms with Crippen molar-refractivity contribution in [2.75, 3.05) is 0 Å². The molecule has 15 heavy (non-hydrogen) atoms. The first kappa shape index (κ1) is 8.54. The van der Waals surface area contributed by atoms with Crippen LogP contribution in [0.15, 0.2) is 40.8 Å². The van der Waals surface area contributed by atoms with Gasteiger partial charge in [0.15, 0.2) is 0 Å². The second kappa shape index (κ2) is 2.86. The molecule has 1 aromatic carbocycles. The van der Waals surface area contributed by atoms with Crippen LogP contribution in [0.1, 0.15) is 11.1 Å². The minimum Gasteiger partial charge on any atom is -0.456 e. The lowest BCUT2D eigenvalue weighted by Crippen LogP contribution is -1.82. The Labute approximate surface area is 88.7 Å². The van der Waals surface area contributed by atoms with Gasteiger partial charge in [0.25, 0.3) is 0 Å². The van der Waals surface area contributed by atoms with Crippen molar-refractivity contribution in [1.82, 2.24) is 0 Å². The predicted octanol–water partition coefficient (Wildman–Crippen LogP) is 4.15. The van der Waals surface area contributed by atoms with Crippen LogP contribution in [0, 0.1) is 13.8 Å². The van der Waals surface area contributed by atoms with Crippen molar-refractivity contribution >= 4 is 11.2 Å². The lowest BCUT2D eigenvalue weighted by atomic mass is 9.99. The topological polar surface area (TPSA) is 13.1 Å². The molecular weight excluding hydrogens is 184 g/mol. The van der Waals surface area contributed by atoms with Crippen molar-refractivity contribution < 1.29 is 4.42 Å². The first-order chi connectivity index (χ1) is 7.25. The number of fused-ring (bicyclic) bond motifs is 2. The Bertz CT molecular complexity index is 604. The van der Waals surface area contributed by atoms with E-state index >= 15 is 0 Å². The molecule has 0 spiro atoms. The van der Waals surface area contributed by atoms with Crippen LogP contribution in [-0.2, 0) is 0 Å². The Morgan fingerprint density at radius 2 is 1.67 bits per heavy atom. The molecule has 1 heteroatoms. The second-order valence-electron chi connectivity index (χ2n) is 4.03. The smallest absolute Gasteiger partial charge is 0.138 e. The summed E-state index contributed by atoms with van der Waals surface area (Å²) in [5, 5.41) is 0. The lowest BCUT2D eigenvalue weighted by molar-refractivity contribution is 0.674. The Morgan fingerprint density at radius 3 is 2.33 bits per heavy atom. The van der Waals surface area contributed by atoms with Crippen LogP contribution in [0.5, 0.6) is 0 Å². The summed E-state index contributed by atoms with van der Waals surface area (Å²) in [6.07, 6.45) is 0. The summed E-state index contributed by atoms with van der Waals surface area (Å²) in [4.78, 5) is 0. The van der Waals surface area contributed by atoms with E-state index in [4.69, 9.17) is 4.42 Å². The van der Waals surface area contributed by atoms with Gasteiger partial charge < -0.3 is 4.42 Å². The molecule has 2 aromatic heterocycles. The standard InChI is InChI=1S/C14H12O/c1-9-5-3-4-6-12(9)13-8-11-7-10(2)14(13)15-11/h3-8H,1-2H3. The van der Waals surface area contributed by atoms with Crippen LogP contribution in [0.3, 0.4) is 0 Å². The lowest BCUT2D eigenvalue weighted by Gasteiger charge is -2.03. The van der Waals surface area contributed by atoms with Gasteiger partial charge in [-0.3, -0.25) is 0 Å². The molecule has 3 rings (SSSR count). The van der Waals surface area contributed by atoms with Crippen molar-refractivity contribution in [2.45, 2.75) is 13.8 Å². The average molecular weight is 196 g/mol. The predicted molar refractivity (Wildman–Crippen MR) is 62.3 cm³/mol. The van der Waals surface area contributed by atoms with Crippen molar-refractivity contribution in [3.05, 3.63) is 47.5 Å². The van der Waals surface area contributed by atoms with Gasteiger partial charge >= 0.3 is 0 Å². The van der Waals surface area contributed by atoms with Crippen LogP contribution in [0.4, 0.5) is 0 Å². The summed E-state index contributed by atoms with van der Waals surface area (Å²) in [5.41, 5.74) is 7.02. The quantitative estimate of drug-likeness (QED) is 0.569. The number of aryl methyl sites for hydroxylation is 2. The molecule has 0 aliphatic heterocycles. The average Bonchev–Trinajstić information content (AvgIpc) is 2.76. The molecule has 0 unspecified atom stereocenters. The highest BCUT2D eigenvalue weighted by atomic mass is 16.3. The Kier molecular flexibility index (Phi) is 1.63. The Morgan fingerprint density at radius 1 is 0.867 bits per heavy atom. The summed E-state index contributed by atoms with van der Waals surface area (Å²) in [6.45, 7) is 4.22. The van der Waals surface area contributed by atoms with Crippen LogP contribution >= 0.6 is 0 Å². The molecule has 3 aromatic rings. The zero-order valence-electron chi connectivity index (χ0n) is 8.87. The Hall–Kier alpha value is -1.76. The second-order valence-corrected chi connectivity index (χ2v) is 4.03. The molecular formula is C14H12O. The molecule has 0 aliphatic carbocycles. The minimum absolute atomic E-state index is 0.973. The van der Waals surface area contributed by atoms with Crippen molar-refractivity contribution in [1.29, 1.82) is 0 Å². The van der Waals surface area contributed by atoms with Crippen LogP contribution in [0.2, 0.25) is 0 Å². The molecule has 74 valence electrons. The third kappa shape index (κ3) is 1.16. The fourth-order valence-electron chi connectivity index (χ4n) is 2.13. The van der Waals surface area contributed by atoms with Gasteiger partial charge in [0.1, 0.15) is 11.2 Å². The molecule has 0 atom stereocenters. The number of hydrogen-bond donors (Lipinski definition) is 0. The van der Waals surface area contributed by atoms with Crippen LogP contribution in [0.25, 0.3) is 22.3 Å². The maximum Gasteiger partial charge on any atom is 0.138 e. The summed E-state index contributed by atoms with van der Waals surface area (Å²) < 4.78 is 5.65. The SMILES string of the molecule is Cc1ccccc1-c1cc2cc(C)c1o2.